The summed E-state index contributed by atoms with van der Waals surface area (Å²) in [5.41, 5.74) is 7.31. The molecule has 0 fully saturated rings. The lowest BCUT2D eigenvalue weighted by atomic mass is 10.2. The van der Waals surface area contributed by atoms with Crippen LogP contribution < -0.4 is 19.6 Å². The largest absolute Gasteiger partial charge is 0.494 e. The molecular formula is C32H33N3O5. The molecule has 0 aliphatic heterocycles. The second kappa shape index (κ2) is 13.3. The minimum Gasteiger partial charge on any atom is -0.494 e. The summed E-state index contributed by atoms with van der Waals surface area (Å²) in [5.74, 6) is 0.486. The molecule has 1 N–H and O–H groups in total. The van der Waals surface area contributed by atoms with Gasteiger partial charge in [0.05, 0.1) is 25.5 Å². The van der Waals surface area contributed by atoms with Gasteiger partial charge in [-0.05, 0) is 105 Å². The number of carbonyl (C=O) groups excluding carboxylic acids is 2. The van der Waals surface area contributed by atoms with Crippen molar-refractivity contribution >= 4 is 18.1 Å². The van der Waals surface area contributed by atoms with Crippen molar-refractivity contribution in [3.63, 3.8) is 0 Å². The molecule has 8 heteroatoms. The summed E-state index contributed by atoms with van der Waals surface area (Å²) in [6.07, 6.45) is 3.51. The van der Waals surface area contributed by atoms with Crippen molar-refractivity contribution in [2.24, 2.45) is 5.10 Å². The van der Waals surface area contributed by atoms with Gasteiger partial charge in [-0.15, -0.1) is 0 Å². The van der Waals surface area contributed by atoms with E-state index in [1.807, 2.05) is 26.0 Å². The van der Waals surface area contributed by atoms with E-state index in [0.29, 0.717) is 34.8 Å². The fraction of sp³-hybridized carbons (Fsp3) is 0.219. The number of hydrogen-bond acceptors (Lipinski definition) is 6. The molecule has 1 amide bonds. The molecule has 0 saturated carbocycles. The third kappa shape index (κ3) is 6.96. The minimum atomic E-state index is -0.514. The Labute approximate surface area is 234 Å². The molecule has 4 aromatic rings. The van der Waals surface area contributed by atoms with Crippen LogP contribution in [0.15, 0.2) is 84.0 Å². The molecule has 0 aliphatic rings. The van der Waals surface area contributed by atoms with E-state index in [2.05, 4.69) is 34.2 Å². The molecule has 0 radical (unpaired) electrons. The van der Waals surface area contributed by atoms with Gasteiger partial charge in [0.15, 0.2) is 11.5 Å². The number of amides is 1. The molecule has 40 heavy (non-hydrogen) atoms. The fourth-order valence-electron chi connectivity index (χ4n) is 4.10. The maximum absolute atomic E-state index is 12.6. The number of methoxy groups -OCH3 is 1. The normalized spacial score (nSPS) is 10.9. The van der Waals surface area contributed by atoms with E-state index >= 15 is 0 Å². The van der Waals surface area contributed by atoms with Crippen LogP contribution in [0.3, 0.4) is 0 Å². The molecule has 0 spiro atoms. The number of benzene rings is 3. The summed E-state index contributed by atoms with van der Waals surface area (Å²) in [6, 6.07) is 23.2. The van der Waals surface area contributed by atoms with Gasteiger partial charge in [0.2, 0.25) is 0 Å². The van der Waals surface area contributed by atoms with E-state index in [9.17, 15) is 9.59 Å². The van der Waals surface area contributed by atoms with Gasteiger partial charge in [0, 0.05) is 22.6 Å². The topological polar surface area (TPSA) is 91.2 Å². The predicted molar refractivity (Wildman–Crippen MR) is 155 cm³/mol. The zero-order chi connectivity index (χ0) is 28.5. The van der Waals surface area contributed by atoms with Crippen molar-refractivity contribution < 1.29 is 23.8 Å². The average molecular weight is 540 g/mol. The van der Waals surface area contributed by atoms with Gasteiger partial charge in [-0.1, -0.05) is 13.3 Å². The molecule has 0 saturated heterocycles. The van der Waals surface area contributed by atoms with Crippen LogP contribution in [0.2, 0.25) is 0 Å². The van der Waals surface area contributed by atoms with Gasteiger partial charge in [-0.3, -0.25) is 4.79 Å². The highest BCUT2D eigenvalue weighted by Gasteiger charge is 2.13. The zero-order valence-electron chi connectivity index (χ0n) is 23.1. The SMILES string of the molecule is CCCCOc1ccc(C(=O)Oc2ccc(C=NNC(=O)c3ccc(-n4c(C)ccc4C)cc3)cc2OC)cc1. The highest BCUT2D eigenvalue weighted by molar-refractivity contribution is 5.95. The second-order valence-electron chi connectivity index (χ2n) is 9.22. The molecule has 0 aliphatic carbocycles. The monoisotopic (exact) mass is 539 g/mol. The zero-order valence-corrected chi connectivity index (χ0v) is 23.1. The lowest BCUT2D eigenvalue weighted by Crippen LogP contribution is -2.17. The van der Waals surface area contributed by atoms with Gasteiger partial charge in [-0.2, -0.15) is 5.10 Å². The Bertz CT molecular complexity index is 1470. The third-order valence-corrected chi connectivity index (χ3v) is 6.29. The number of aryl methyl sites for hydroxylation is 2. The van der Waals surface area contributed by atoms with Gasteiger partial charge in [0.1, 0.15) is 5.75 Å². The van der Waals surface area contributed by atoms with E-state index in [1.54, 1.807) is 54.6 Å². The first kappa shape index (κ1) is 28.2. The van der Waals surface area contributed by atoms with Crippen molar-refractivity contribution in [1.29, 1.82) is 0 Å². The Balaban J connectivity index is 1.35. The van der Waals surface area contributed by atoms with Crippen LogP contribution in [0.25, 0.3) is 5.69 Å². The second-order valence-corrected chi connectivity index (χ2v) is 9.22. The molecule has 0 atom stereocenters. The van der Waals surface area contributed by atoms with Crippen molar-refractivity contribution in [3.8, 4) is 22.9 Å². The van der Waals surface area contributed by atoms with Crippen LogP contribution >= 0.6 is 0 Å². The average Bonchev–Trinajstić information content (AvgIpc) is 3.31. The standard InChI is InChI=1S/C32H33N3O5/c1-5-6-19-39-28-16-12-26(13-17-28)32(37)40-29-18-9-24(20-30(29)38-4)21-33-34-31(36)25-10-14-27(15-11-25)35-22(2)7-8-23(35)3/h7-18,20-21H,5-6,19H2,1-4H3,(H,34,36). The lowest BCUT2D eigenvalue weighted by Gasteiger charge is -2.11. The third-order valence-electron chi connectivity index (χ3n) is 6.29. The first-order valence-electron chi connectivity index (χ1n) is 13.1. The van der Waals surface area contributed by atoms with Crippen molar-refractivity contribution in [2.45, 2.75) is 33.6 Å². The number of unbranched alkanes of at least 4 members (excludes halogenated alkanes) is 1. The van der Waals surface area contributed by atoms with E-state index < -0.39 is 5.97 Å². The Morgan fingerprint density at radius 3 is 2.20 bits per heavy atom. The number of ether oxygens (including phenoxy) is 3. The summed E-state index contributed by atoms with van der Waals surface area (Å²) in [7, 11) is 1.48. The maximum Gasteiger partial charge on any atom is 0.343 e. The molecule has 1 aromatic heterocycles. The summed E-state index contributed by atoms with van der Waals surface area (Å²) < 4.78 is 18.7. The molecule has 206 valence electrons. The van der Waals surface area contributed by atoms with Crippen LogP contribution in [-0.2, 0) is 0 Å². The molecule has 4 rings (SSSR count). The number of esters is 1. The summed E-state index contributed by atoms with van der Waals surface area (Å²) in [4.78, 5) is 25.2. The molecule has 0 bridgehead atoms. The van der Waals surface area contributed by atoms with E-state index in [1.165, 1.54) is 13.3 Å². The van der Waals surface area contributed by atoms with Crippen LogP contribution in [0, 0.1) is 13.8 Å². The van der Waals surface area contributed by atoms with Crippen LogP contribution in [0.1, 0.15) is 57.4 Å². The molecular weight excluding hydrogens is 506 g/mol. The predicted octanol–water partition coefficient (Wildman–Crippen LogP) is 6.26. The van der Waals surface area contributed by atoms with Crippen molar-refractivity contribution in [2.75, 3.05) is 13.7 Å². The van der Waals surface area contributed by atoms with Crippen molar-refractivity contribution in [1.82, 2.24) is 9.99 Å². The van der Waals surface area contributed by atoms with Crippen LogP contribution in [0.5, 0.6) is 17.2 Å². The van der Waals surface area contributed by atoms with Crippen molar-refractivity contribution in [3.05, 3.63) is 107 Å². The number of hydrazone groups is 1. The number of carbonyl (C=O) groups is 2. The van der Waals surface area contributed by atoms with Gasteiger partial charge >= 0.3 is 5.97 Å². The summed E-state index contributed by atoms with van der Waals surface area (Å²) in [6.45, 7) is 6.81. The number of hydrogen-bond donors (Lipinski definition) is 1. The minimum absolute atomic E-state index is 0.269. The Hall–Kier alpha value is -4.85. The molecule has 8 nitrogen and oxygen atoms in total. The number of nitrogens with one attached hydrogen (secondary N) is 1. The van der Waals surface area contributed by atoms with E-state index in [-0.39, 0.29) is 11.7 Å². The fourth-order valence-corrected chi connectivity index (χ4v) is 4.10. The van der Waals surface area contributed by atoms with E-state index in [4.69, 9.17) is 14.2 Å². The molecule has 0 unspecified atom stereocenters. The Morgan fingerprint density at radius 1 is 0.875 bits per heavy atom. The van der Waals surface area contributed by atoms with Crippen LogP contribution in [0.4, 0.5) is 0 Å². The smallest absolute Gasteiger partial charge is 0.343 e. The van der Waals surface area contributed by atoms with Gasteiger partial charge < -0.3 is 18.8 Å². The highest BCUT2D eigenvalue weighted by atomic mass is 16.6. The first-order chi connectivity index (χ1) is 19.4. The number of aromatic nitrogens is 1. The Morgan fingerprint density at radius 2 is 1.55 bits per heavy atom. The lowest BCUT2D eigenvalue weighted by molar-refractivity contribution is 0.0729. The van der Waals surface area contributed by atoms with Crippen LogP contribution in [-0.4, -0.2) is 36.4 Å². The summed E-state index contributed by atoms with van der Waals surface area (Å²) in [5, 5.41) is 4.06. The van der Waals surface area contributed by atoms with E-state index in [0.717, 1.165) is 29.9 Å². The highest BCUT2D eigenvalue weighted by Crippen LogP contribution is 2.28. The maximum atomic E-state index is 12.6. The molecule has 1 heterocycles. The number of nitrogens with zero attached hydrogens (tertiary/aromatic N) is 2. The Kier molecular flexibility index (Phi) is 9.35. The summed E-state index contributed by atoms with van der Waals surface area (Å²) >= 11 is 0. The van der Waals surface area contributed by atoms with Gasteiger partial charge in [-0.25, -0.2) is 10.2 Å². The first-order valence-corrected chi connectivity index (χ1v) is 13.1. The van der Waals surface area contributed by atoms with Gasteiger partial charge in [0.25, 0.3) is 5.91 Å². The number of rotatable bonds is 11. The molecule has 3 aromatic carbocycles. The quantitative estimate of drug-likeness (QED) is 0.0798.